The minimum atomic E-state index is -0.316. The first-order valence-corrected chi connectivity index (χ1v) is 7.49. The van der Waals surface area contributed by atoms with E-state index in [0.29, 0.717) is 17.3 Å². The molecule has 112 valence electrons. The van der Waals surface area contributed by atoms with Crippen LogP contribution in [0.15, 0.2) is 54.7 Å². The average Bonchev–Trinajstić information content (AvgIpc) is 2.93. The SMILES string of the molecule is Fc1ccccc1NC(=S)NCCc1c[nH]c2ccccc12. The van der Waals surface area contributed by atoms with E-state index in [1.807, 2.05) is 18.3 Å². The van der Waals surface area contributed by atoms with E-state index < -0.39 is 0 Å². The zero-order valence-corrected chi connectivity index (χ0v) is 12.7. The molecular weight excluding hydrogens is 297 g/mol. The molecule has 1 heterocycles. The number of aromatic nitrogens is 1. The van der Waals surface area contributed by atoms with E-state index in [0.717, 1.165) is 11.9 Å². The number of rotatable bonds is 4. The lowest BCUT2D eigenvalue weighted by Crippen LogP contribution is -2.30. The quantitative estimate of drug-likeness (QED) is 0.641. The molecule has 1 aromatic heterocycles. The number of nitrogens with one attached hydrogen (secondary N) is 3. The number of halogens is 1. The van der Waals surface area contributed by atoms with Gasteiger partial charge < -0.3 is 15.6 Å². The molecule has 0 bridgehead atoms. The molecule has 3 aromatic rings. The van der Waals surface area contributed by atoms with Gasteiger partial charge in [0.25, 0.3) is 0 Å². The summed E-state index contributed by atoms with van der Waals surface area (Å²) in [6, 6.07) is 14.6. The van der Waals surface area contributed by atoms with Gasteiger partial charge in [0.05, 0.1) is 5.69 Å². The number of H-pyrrole nitrogens is 1. The molecule has 0 saturated carbocycles. The van der Waals surface area contributed by atoms with Crippen LogP contribution in [0.2, 0.25) is 0 Å². The standard InChI is InChI=1S/C17H16FN3S/c18-14-6-2-4-8-16(14)21-17(22)19-10-9-12-11-20-15-7-3-1-5-13(12)15/h1-8,11,20H,9-10H2,(H2,19,21,22). The minimum Gasteiger partial charge on any atom is -0.362 e. The van der Waals surface area contributed by atoms with Crippen LogP contribution >= 0.6 is 12.2 Å². The molecular formula is C17H16FN3S. The topological polar surface area (TPSA) is 39.8 Å². The maximum Gasteiger partial charge on any atom is 0.170 e. The van der Waals surface area contributed by atoms with Crippen molar-refractivity contribution in [3.8, 4) is 0 Å². The molecule has 0 amide bonds. The van der Waals surface area contributed by atoms with Gasteiger partial charge in [0.1, 0.15) is 5.82 Å². The predicted molar refractivity (Wildman–Crippen MR) is 92.6 cm³/mol. The van der Waals surface area contributed by atoms with Crippen molar-refractivity contribution in [1.82, 2.24) is 10.3 Å². The molecule has 0 aliphatic rings. The van der Waals surface area contributed by atoms with Gasteiger partial charge in [0.2, 0.25) is 0 Å². The summed E-state index contributed by atoms with van der Waals surface area (Å²) in [5.74, 6) is -0.316. The minimum absolute atomic E-state index is 0.316. The monoisotopic (exact) mass is 313 g/mol. The maximum atomic E-state index is 13.5. The first-order valence-electron chi connectivity index (χ1n) is 7.08. The van der Waals surface area contributed by atoms with Gasteiger partial charge in [0, 0.05) is 23.6 Å². The van der Waals surface area contributed by atoms with Gasteiger partial charge in [-0.3, -0.25) is 0 Å². The molecule has 0 aliphatic heterocycles. The van der Waals surface area contributed by atoms with Gasteiger partial charge in [-0.15, -0.1) is 0 Å². The van der Waals surface area contributed by atoms with Crippen LogP contribution in [0.1, 0.15) is 5.56 Å². The number of benzene rings is 2. The molecule has 0 aliphatic carbocycles. The fourth-order valence-corrected chi connectivity index (χ4v) is 2.59. The highest BCUT2D eigenvalue weighted by atomic mass is 32.1. The Morgan fingerprint density at radius 1 is 1.09 bits per heavy atom. The first kappa shape index (κ1) is 14.5. The van der Waals surface area contributed by atoms with Crippen LogP contribution in [0.25, 0.3) is 10.9 Å². The molecule has 22 heavy (non-hydrogen) atoms. The third-order valence-electron chi connectivity index (χ3n) is 3.48. The lowest BCUT2D eigenvalue weighted by atomic mass is 10.1. The first-order chi connectivity index (χ1) is 10.7. The fraction of sp³-hybridized carbons (Fsp3) is 0.118. The largest absolute Gasteiger partial charge is 0.362 e. The Kier molecular flexibility index (Phi) is 4.34. The molecule has 0 fully saturated rings. The van der Waals surface area contributed by atoms with Crippen LogP contribution in [0.3, 0.4) is 0 Å². The highest BCUT2D eigenvalue weighted by molar-refractivity contribution is 7.80. The second kappa shape index (κ2) is 6.58. The van der Waals surface area contributed by atoms with Crippen molar-refractivity contribution >= 4 is 33.9 Å². The maximum absolute atomic E-state index is 13.5. The number of thiocarbonyl (C=S) groups is 1. The fourth-order valence-electron chi connectivity index (χ4n) is 2.38. The Morgan fingerprint density at radius 2 is 1.86 bits per heavy atom. The van der Waals surface area contributed by atoms with Crippen LogP contribution < -0.4 is 10.6 Å². The third-order valence-corrected chi connectivity index (χ3v) is 3.72. The van der Waals surface area contributed by atoms with Crippen molar-refractivity contribution in [2.24, 2.45) is 0 Å². The summed E-state index contributed by atoms with van der Waals surface area (Å²) in [6.07, 6.45) is 2.85. The number of fused-ring (bicyclic) bond motifs is 1. The Morgan fingerprint density at radius 3 is 2.73 bits per heavy atom. The van der Waals surface area contributed by atoms with Crippen LogP contribution in [0.4, 0.5) is 10.1 Å². The lowest BCUT2D eigenvalue weighted by molar-refractivity contribution is 0.632. The Hall–Kier alpha value is -2.40. The van der Waals surface area contributed by atoms with Gasteiger partial charge in [0.15, 0.2) is 5.11 Å². The number of anilines is 1. The normalized spacial score (nSPS) is 10.6. The van der Waals surface area contributed by atoms with E-state index in [1.165, 1.54) is 17.0 Å². The Bertz CT molecular complexity index is 797. The number of hydrogen-bond donors (Lipinski definition) is 3. The van der Waals surface area contributed by atoms with Gasteiger partial charge in [-0.2, -0.15) is 0 Å². The predicted octanol–water partition coefficient (Wildman–Crippen LogP) is 3.84. The van der Waals surface area contributed by atoms with Crippen LogP contribution in [-0.2, 0) is 6.42 Å². The molecule has 3 rings (SSSR count). The molecule has 0 unspecified atom stereocenters. The summed E-state index contributed by atoms with van der Waals surface area (Å²) < 4.78 is 13.5. The summed E-state index contributed by atoms with van der Waals surface area (Å²) >= 11 is 5.19. The van der Waals surface area contributed by atoms with Gasteiger partial charge in [-0.25, -0.2) is 4.39 Å². The Labute approximate surface area is 133 Å². The second-order valence-electron chi connectivity index (χ2n) is 4.97. The molecule has 3 N–H and O–H groups in total. The van der Waals surface area contributed by atoms with Crippen LogP contribution in [0.5, 0.6) is 0 Å². The molecule has 5 heteroatoms. The zero-order valence-electron chi connectivity index (χ0n) is 11.9. The summed E-state index contributed by atoms with van der Waals surface area (Å²) in [5.41, 5.74) is 2.74. The Balaban J connectivity index is 1.55. The van der Waals surface area contributed by atoms with Crippen molar-refractivity contribution in [3.63, 3.8) is 0 Å². The van der Waals surface area contributed by atoms with E-state index >= 15 is 0 Å². The highest BCUT2D eigenvalue weighted by Crippen LogP contribution is 2.17. The lowest BCUT2D eigenvalue weighted by Gasteiger charge is -2.10. The van der Waals surface area contributed by atoms with E-state index in [2.05, 4.69) is 27.8 Å². The smallest absolute Gasteiger partial charge is 0.170 e. The highest BCUT2D eigenvalue weighted by Gasteiger charge is 2.04. The van der Waals surface area contributed by atoms with E-state index in [9.17, 15) is 4.39 Å². The summed E-state index contributed by atoms with van der Waals surface area (Å²) in [5, 5.41) is 7.61. The molecule has 0 spiro atoms. The average molecular weight is 313 g/mol. The van der Waals surface area contributed by atoms with Gasteiger partial charge in [-0.05, 0) is 42.4 Å². The second-order valence-corrected chi connectivity index (χ2v) is 5.38. The van der Waals surface area contributed by atoms with Crippen molar-refractivity contribution in [2.75, 3.05) is 11.9 Å². The molecule has 2 aromatic carbocycles. The third kappa shape index (κ3) is 3.26. The molecule has 0 radical (unpaired) electrons. The van der Waals surface area contributed by atoms with E-state index in [-0.39, 0.29) is 5.82 Å². The number of aromatic amines is 1. The summed E-state index contributed by atoms with van der Waals surface area (Å²) in [7, 11) is 0. The van der Waals surface area contributed by atoms with Gasteiger partial charge >= 0.3 is 0 Å². The van der Waals surface area contributed by atoms with Crippen molar-refractivity contribution in [2.45, 2.75) is 6.42 Å². The molecule has 0 saturated heterocycles. The molecule has 0 atom stereocenters. The number of hydrogen-bond acceptors (Lipinski definition) is 1. The molecule has 3 nitrogen and oxygen atoms in total. The van der Waals surface area contributed by atoms with Crippen LogP contribution in [-0.4, -0.2) is 16.6 Å². The van der Waals surface area contributed by atoms with Gasteiger partial charge in [-0.1, -0.05) is 30.3 Å². The summed E-state index contributed by atoms with van der Waals surface area (Å²) in [4.78, 5) is 3.25. The van der Waals surface area contributed by atoms with Crippen molar-refractivity contribution < 1.29 is 4.39 Å². The van der Waals surface area contributed by atoms with E-state index in [4.69, 9.17) is 12.2 Å². The number of para-hydroxylation sites is 2. The van der Waals surface area contributed by atoms with Crippen LogP contribution in [0, 0.1) is 5.82 Å². The zero-order chi connectivity index (χ0) is 15.4. The van der Waals surface area contributed by atoms with Crippen molar-refractivity contribution in [3.05, 3.63) is 66.1 Å². The summed E-state index contributed by atoms with van der Waals surface area (Å²) in [6.45, 7) is 0.683. The van der Waals surface area contributed by atoms with E-state index in [1.54, 1.807) is 18.2 Å². The van der Waals surface area contributed by atoms with Crippen molar-refractivity contribution in [1.29, 1.82) is 0 Å².